The van der Waals surface area contributed by atoms with E-state index in [0.717, 1.165) is 35.5 Å². The number of anilines is 1. The topological polar surface area (TPSA) is 95.8 Å². The van der Waals surface area contributed by atoms with Crippen LogP contribution in [0, 0.1) is 0 Å². The number of Topliss-reactive ketones (excluding diaryl/α,β-unsaturated/α-hetero) is 1. The second kappa shape index (κ2) is 11.9. The van der Waals surface area contributed by atoms with Crippen molar-refractivity contribution in [3.63, 3.8) is 0 Å². The van der Waals surface area contributed by atoms with E-state index in [9.17, 15) is 14.7 Å². The molecule has 5 rings (SSSR count). The van der Waals surface area contributed by atoms with Gasteiger partial charge in [-0.25, -0.2) is 0 Å². The fourth-order valence-electron chi connectivity index (χ4n) is 5.74. The molecule has 2 aromatic carbocycles. The molecule has 2 aliphatic heterocycles. The number of aliphatic hydroxyl groups excluding tert-OH is 1. The molecule has 2 aliphatic rings. The molecular formula is C31H40N4O4S. The molecule has 3 atom stereocenters. The number of aliphatic hydroxyl groups is 1. The van der Waals surface area contributed by atoms with Crippen LogP contribution in [0.1, 0.15) is 48.7 Å². The molecule has 0 saturated carbocycles. The van der Waals surface area contributed by atoms with E-state index >= 15 is 0 Å². The fraction of sp³-hybridized carbons (Fsp3) is 0.484. The zero-order valence-electron chi connectivity index (χ0n) is 23.8. The van der Waals surface area contributed by atoms with E-state index in [1.54, 1.807) is 25.8 Å². The van der Waals surface area contributed by atoms with Crippen molar-refractivity contribution in [2.45, 2.75) is 70.4 Å². The number of carbonyl (C=O) groups excluding carboxylic acids is 2. The first-order valence-corrected chi connectivity index (χ1v) is 15.1. The molecule has 1 aromatic heterocycles. The second-order valence-corrected chi connectivity index (χ2v) is 12.4. The molecule has 9 heteroatoms. The highest BCUT2D eigenvalue weighted by molar-refractivity contribution is 8.00. The van der Waals surface area contributed by atoms with Crippen LogP contribution in [0.2, 0.25) is 0 Å². The number of benzene rings is 2. The van der Waals surface area contributed by atoms with Gasteiger partial charge in [0.15, 0.2) is 5.78 Å². The third-order valence-corrected chi connectivity index (χ3v) is 9.04. The number of aryl methyl sites for hydroxylation is 2. The Morgan fingerprint density at radius 1 is 1.25 bits per heavy atom. The molecule has 0 spiro atoms. The van der Waals surface area contributed by atoms with Crippen molar-refractivity contribution in [1.29, 1.82) is 0 Å². The largest absolute Gasteiger partial charge is 0.390 e. The Bertz CT molecular complexity index is 1370. The number of nitrogens with zero attached hydrogens (tertiary/aromatic N) is 2. The van der Waals surface area contributed by atoms with E-state index in [0.29, 0.717) is 25.0 Å². The fourth-order valence-corrected chi connectivity index (χ4v) is 6.61. The monoisotopic (exact) mass is 564 g/mol. The summed E-state index contributed by atoms with van der Waals surface area (Å²) in [6, 6.07) is 12.8. The zero-order valence-corrected chi connectivity index (χ0v) is 24.6. The zero-order chi connectivity index (χ0) is 28.4. The van der Waals surface area contributed by atoms with E-state index in [4.69, 9.17) is 4.74 Å². The standard InChI is InChI=1S/C31H40N4O4S/c1-5-35-19-21-12-14-40-34(4)25-16-22(17-26(35)28(21)25)30(38)33-24(15-20-9-7-6-8-10-20)27(36)18-32-23-11-13-39-31(2,3)29(23)37/h6-10,16-17,19,23-24,27,32,36H,5,11-15,18H2,1-4H3,(H,33,38)/t23?,24-,27+/m0/s1. The summed E-state index contributed by atoms with van der Waals surface area (Å²) < 4.78 is 9.98. The van der Waals surface area contributed by atoms with Crippen LogP contribution >= 0.6 is 11.9 Å². The Balaban J connectivity index is 1.39. The quantitative estimate of drug-likeness (QED) is 0.341. The minimum absolute atomic E-state index is 0.0203. The number of hydrogen-bond acceptors (Lipinski definition) is 7. The summed E-state index contributed by atoms with van der Waals surface area (Å²) in [5.41, 5.74) is 4.13. The molecule has 0 aliphatic carbocycles. The normalized spacial score (nSPS) is 20.3. The van der Waals surface area contributed by atoms with Crippen molar-refractivity contribution < 1.29 is 19.4 Å². The number of hydrogen-bond donors (Lipinski definition) is 3. The van der Waals surface area contributed by atoms with Crippen molar-refractivity contribution in [2.75, 3.05) is 30.3 Å². The number of carbonyl (C=O) groups is 2. The van der Waals surface area contributed by atoms with E-state index in [1.807, 2.05) is 49.5 Å². The van der Waals surface area contributed by atoms with E-state index in [2.05, 4.69) is 32.6 Å². The molecule has 1 fully saturated rings. The molecule has 0 bridgehead atoms. The minimum Gasteiger partial charge on any atom is -0.390 e. The summed E-state index contributed by atoms with van der Waals surface area (Å²) in [6.45, 7) is 7.14. The number of aromatic nitrogens is 1. The van der Waals surface area contributed by atoms with Crippen molar-refractivity contribution in [3.8, 4) is 0 Å². The van der Waals surface area contributed by atoms with Gasteiger partial charge in [0.25, 0.3) is 5.91 Å². The Hall–Kier alpha value is -2.85. The molecule has 40 heavy (non-hydrogen) atoms. The van der Waals surface area contributed by atoms with E-state index in [1.165, 1.54) is 10.9 Å². The molecule has 3 N–H and O–H groups in total. The highest BCUT2D eigenvalue weighted by atomic mass is 32.2. The van der Waals surface area contributed by atoms with Gasteiger partial charge in [-0.2, -0.15) is 0 Å². The predicted octanol–water partition coefficient (Wildman–Crippen LogP) is 3.73. The van der Waals surface area contributed by atoms with Crippen LogP contribution in [-0.2, 0) is 28.9 Å². The second-order valence-electron chi connectivity index (χ2n) is 11.2. The maximum absolute atomic E-state index is 13.8. The first-order chi connectivity index (χ1) is 19.2. The third-order valence-electron chi connectivity index (χ3n) is 8.07. The summed E-state index contributed by atoms with van der Waals surface area (Å²) in [4.78, 5) is 26.6. The van der Waals surface area contributed by atoms with Gasteiger partial charge < -0.3 is 29.3 Å². The Labute approximate surface area is 240 Å². The van der Waals surface area contributed by atoms with Gasteiger partial charge in [-0.05, 0) is 75.2 Å². The first kappa shape index (κ1) is 28.7. The smallest absolute Gasteiger partial charge is 0.251 e. The lowest BCUT2D eigenvalue weighted by molar-refractivity contribution is -0.150. The highest BCUT2D eigenvalue weighted by Crippen LogP contribution is 2.38. The van der Waals surface area contributed by atoms with Crippen LogP contribution < -0.4 is 14.9 Å². The Morgan fingerprint density at radius 2 is 2.02 bits per heavy atom. The van der Waals surface area contributed by atoms with Gasteiger partial charge in [0.2, 0.25) is 0 Å². The van der Waals surface area contributed by atoms with Gasteiger partial charge in [0.05, 0.1) is 29.4 Å². The van der Waals surface area contributed by atoms with E-state index < -0.39 is 23.8 Å². The molecule has 8 nitrogen and oxygen atoms in total. The molecule has 214 valence electrons. The van der Waals surface area contributed by atoms with Crippen LogP contribution in [0.4, 0.5) is 5.69 Å². The van der Waals surface area contributed by atoms with Crippen LogP contribution in [0.15, 0.2) is 48.7 Å². The average Bonchev–Trinajstić information content (AvgIpc) is 3.22. The van der Waals surface area contributed by atoms with Gasteiger partial charge in [0, 0.05) is 49.6 Å². The summed E-state index contributed by atoms with van der Waals surface area (Å²) in [6.07, 6.45) is 3.31. The number of rotatable bonds is 9. The summed E-state index contributed by atoms with van der Waals surface area (Å²) in [5, 5.41) is 18.9. The third kappa shape index (κ3) is 5.93. The maximum atomic E-state index is 13.8. The van der Waals surface area contributed by atoms with Crippen LogP contribution in [0.25, 0.3) is 10.9 Å². The van der Waals surface area contributed by atoms with Crippen molar-refractivity contribution in [3.05, 3.63) is 65.4 Å². The van der Waals surface area contributed by atoms with Gasteiger partial charge in [-0.1, -0.05) is 30.3 Å². The molecule has 1 saturated heterocycles. The van der Waals surface area contributed by atoms with Gasteiger partial charge in [-0.15, -0.1) is 0 Å². The van der Waals surface area contributed by atoms with Crippen molar-refractivity contribution in [1.82, 2.24) is 15.2 Å². The van der Waals surface area contributed by atoms with Gasteiger partial charge >= 0.3 is 0 Å². The van der Waals surface area contributed by atoms with E-state index in [-0.39, 0.29) is 18.2 Å². The number of nitrogens with one attached hydrogen (secondary N) is 2. The van der Waals surface area contributed by atoms with Crippen LogP contribution in [0.3, 0.4) is 0 Å². The number of amides is 1. The first-order valence-electron chi connectivity index (χ1n) is 14.1. The minimum atomic E-state index is -0.905. The molecular weight excluding hydrogens is 524 g/mol. The molecule has 1 unspecified atom stereocenters. The lowest BCUT2D eigenvalue weighted by Crippen LogP contribution is -2.56. The predicted molar refractivity (Wildman–Crippen MR) is 161 cm³/mol. The summed E-state index contributed by atoms with van der Waals surface area (Å²) in [5.74, 6) is 0.739. The Morgan fingerprint density at radius 3 is 2.77 bits per heavy atom. The Kier molecular flexibility index (Phi) is 8.56. The average molecular weight is 565 g/mol. The molecule has 0 radical (unpaired) electrons. The SMILES string of the molecule is CCn1cc2c3c(cc(C(=O)N[C@@H](Cc4ccccc4)[C@H](O)CNC4CCOC(C)(C)C4=O)cc31)N(C)SCC2. The highest BCUT2D eigenvalue weighted by Gasteiger charge is 2.38. The number of ether oxygens (including phenoxy) is 1. The van der Waals surface area contributed by atoms with Crippen molar-refractivity contribution in [2.24, 2.45) is 0 Å². The van der Waals surface area contributed by atoms with Gasteiger partial charge in [-0.3, -0.25) is 9.59 Å². The molecule has 3 aromatic rings. The van der Waals surface area contributed by atoms with Crippen LogP contribution in [-0.4, -0.2) is 71.1 Å². The molecule has 1 amide bonds. The lowest BCUT2D eigenvalue weighted by Gasteiger charge is -2.35. The molecule has 3 heterocycles. The number of ketones is 1. The lowest BCUT2D eigenvalue weighted by atomic mass is 9.91. The summed E-state index contributed by atoms with van der Waals surface area (Å²) >= 11 is 1.76. The van der Waals surface area contributed by atoms with Crippen molar-refractivity contribution >= 4 is 40.2 Å². The van der Waals surface area contributed by atoms with Crippen LogP contribution in [0.5, 0.6) is 0 Å². The maximum Gasteiger partial charge on any atom is 0.251 e. The summed E-state index contributed by atoms with van der Waals surface area (Å²) in [7, 11) is 2.05. The van der Waals surface area contributed by atoms with Gasteiger partial charge in [0.1, 0.15) is 5.60 Å².